The summed E-state index contributed by atoms with van der Waals surface area (Å²) in [6.07, 6.45) is 0. The van der Waals surface area contributed by atoms with Crippen LogP contribution in [0.1, 0.15) is 10.4 Å². The molecule has 1 aromatic carbocycles. The third-order valence-electron chi connectivity index (χ3n) is 2.09. The Labute approximate surface area is 104 Å². The summed E-state index contributed by atoms with van der Waals surface area (Å²) in [7, 11) is 2.90. The van der Waals surface area contributed by atoms with Gasteiger partial charge in [0.25, 0.3) is 0 Å². The first-order valence-corrected chi connectivity index (χ1v) is 6.14. The number of thioether (sulfide) groups is 1. The van der Waals surface area contributed by atoms with E-state index in [1.807, 2.05) is 0 Å². The molecule has 0 atom stereocenters. The SMILES string of the molecule is COC(=O)CSCC(=O)c1ccc(OC)cc1. The molecule has 1 aromatic rings. The monoisotopic (exact) mass is 254 g/mol. The van der Waals surface area contributed by atoms with E-state index in [9.17, 15) is 9.59 Å². The number of carbonyl (C=O) groups excluding carboxylic acids is 2. The standard InChI is InChI=1S/C12H14O4S/c1-15-10-5-3-9(4-6-10)11(13)7-17-8-12(14)16-2/h3-6H,7-8H2,1-2H3. The molecule has 0 aromatic heterocycles. The largest absolute Gasteiger partial charge is 0.497 e. The van der Waals surface area contributed by atoms with Gasteiger partial charge in [0.15, 0.2) is 5.78 Å². The smallest absolute Gasteiger partial charge is 0.315 e. The van der Waals surface area contributed by atoms with Gasteiger partial charge in [0.2, 0.25) is 0 Å². The summed E-state index contributed by atoms with van der Waals surface area (Å²) in [4.78, 5) is 22.5. The summed E-state index contributed by atoms with van der Waals surface area (Å²) >= 11 is 1.24. The first-order chi connectivity index (χ1) is 8.17. The summed E-state index contributed by atoms with van der Waals surface area (Å²) < 4.78 is 9.48. The van der Waals surface area contributed by atoms with Crippen LogP contribution in [0.4, 0.5) is 0 Å². The van der Waals surface area contributed by atoms with Gasteiger partial charge < -0.3 is 9.47 Å². The average molecular weight is 254 g/mol. The molecule has 1 rings (SSSR count). The van der Waals surface area contributed by atoms with Crippen LogP contribution in [-0.2, 0) is 9.53 Å². The van der Waals surface area contributed by atoms with Gasteiger partial charge in [-0.1, -0.05) is 0 Å². The van der Waals surface area contributed by atoms with Crippen molar-refractivity contribution in [2.75, 3.05) is 25.7 Å². The highest BCUT2D eigenvalue weighted by Crippen LogP contribution is 2.13. The molecule has 0 aliphatic rings. The molecule has 0 bridgehead atoms. The maximum Gasteiger partial charge on any atom is 0.315 e. The zero-order valence-corrected chi connectivity index (χ0v) is 10.6. The van der Waals surface area contributed by atoms with Crippen LogP contribution in [0.2, 0.25) is 0 Å². The molecule has 0 saturated carbocycles. The van der Waals surface area contributed by atoms with Gasteiger partial charge >= 0.3 is 5.97 Å². The Morgan fingerprint density at radius 1 is 1.12 bits per heavy atom. The average Bonchev–Trinajstić information content (AvgIpc) is 2.38. The van der Waals surface area contributed by atoms with E-state index in [0.717, 1.165) is 0 Å². The Hall–Kier alpha value is -1.49. The van der Waals surface area contributed by atoms with E-state index in [4.69, 9.17) is 4.74 Å². The summed E-state index contributed by atoms with van der Waals surface area (Å²) in [6, 6.07) is 6.89. The second-order valence-corrected chi connectivity index (χ2v) is 4.21. The highest BCUT2D eigenvalue weighted by molar-refractivity contribution is 8.00. The van der Waals surface area contributed by atoms with E-state index < -0.39 is 0 Å². The summed E-state index contributed by atoms with van der Waals surface area (Å²) in [6.45, 7) is 0. The molecule has 0 aliphatic carbocycles. The van der Waals surface area contributed by atoms with Crippen LogP contribution in [0.25, 0.3) is 0 Å². The molecule has 0 unspecified atom stereocenters. The molecule has 0 aliphatic heterocycles. The third kappa shape index (κ3) is 4.48. The fourth-order valence-electron chi connectivity index (χ4n) is 1.15. The van der Waals surface area contributed by atoms with Crippen molar-refractivity contribution in [2.45, 2.75) is 0 Å². The lowest BCUT2D eigenvalue weighted by molar-refractivity contribution is -0.137. The first-order valence-electron chi connectivity index (χ1n) is 4.99. The molecule has 0 fully saturated rings. The van der Waals surface area contributed by atoms with Crippen LogP contribution < -0.4 is 4.74 Å². The minimum atomic E-state index is -0.322. The summed E-state index contributed by atoms with van der Waals surface area (Å²) in [5, 5.41) is 0. The van der Waals surface area contributed by atoms with Gasteiger partial charge in [-0.25, -0.2) is 0 Å². The number of hydrogen-bond acceptors (Lipinski definition) is 5. The molecule has 0 heterocycles. The fraction of sp³-hybridized carbons (Fsp3) is 0.333. The zero-order valence-electron chi connectivity index (χ0n) is 9.76. The minimum Gasteiger partial charge on any atom is -0.497 e. The predicted molar refractivity (Wildman–Crippen MR) is 66.7 cm³/mol. The molecule has 17 heavy (non-hydrogen) atoms. The quantitative estimate of drug-likeness (QED) is 0.572. The Bertz CT molecular complexity index is 386. The van der Waals surface area contributed by atoms with Crippen LogP contribution in [0.5, 0.6) is 5.75 Å². The van der Waals surface area contributed by atoms with Crippen LogP contribution in [0.15, 0.2) is 24.3 Å². The topological polar surface area (TPSA) is 52.6 Å². The van der Waals surface area contributed by atoms with E-state index >= 15 is 0 Å². The summed E-state index contributed by atoms with van der Waals surface area (Å²) in [5.74, 6) is 0.836. The second-order valence-electron chi connectivity index (χ2n) is 3.22. The number of methoxy groups -OCH3 is 2. The Balaban J connectivity index is 2.44. The Morgan fingerprint density at radius 2 is 1.76 bits per heavy atom. The van der Waals surface area contributed by atoms with Crippen LogP contribution in [-0.4, -0.2) is 37.5 Å². The van der Waals surface area contributed by atoms with E-state index in [1.165, 1.54) is 18.9 Å². The number of rotatable bonds is 6. The predicted octanol–water partition coefficient (Wildman–Crippen LogP) is 1.78. The van der Waals surface area contributed by atoms with Crippen molar-refractivity contribution in [2.24, 2.45) is 0 Å². The van der Waals surface area contributed by atoms with Gasteiger partial charge in [0.1, 0.15) is 5.75 Å². The van der Waals surface area contributed by atoms with Gasteiger partial charge in [-0.15, -0.1) is 11.8 Å². The van der Waals surface area contributed by atoms with Gasteiger partial charge in [0.05, 0.1) is 25.7 Å². The Kier molecular flexibility index (Phi) is 5.56. The van der Waals surface area contributed by atoms with E-state index in [-0.39, 0.29) is 23.3 Å². The van der Waals surface area contributed by atoms with E-state index in [1.54, 1.807) is 31.4 Å². The number of ketones is 1. The van der Waals surface area contributed by atoms with Crippen molar-refractivity contribution in [1.29, 1.82) is 0 Å². The lowest BCUT2D eigenvalue weighted by Crippen LogP contribution is -2.08. The van der Waals surface area contributed by atoms with Crippen LogP contribution >= 0.6 is 11.8 Å². The lowest BCUT2D eigenvalue weighted by Gasteiger charge is -2.02. The maximum absolute atomic E-state index is 11.7. The molecule has 0 amide bonds. The summed E-state index contributed by atoms with van der Waals surface area (Å²) in [5.41, 5.74) is 0.614. The molecular formula is C12H14O4S. The molecule has 92 valence electrons. The Morgan fingerprint density at radius 3 is 2.29 bits per heavy atom. The number of Topliss-reactive ketones (excluding diaryl/α,β-unsaturated/α-hetero) is 1. The molecule has 0 spiro atoms. The minimum absolute atomic E-state index is 0.0124. The molecule has 0 radical (unpaired) electrons. The lowest BCUT2D eigenvalue weighted by atomic mass is 10.1. The van der Waals surface area contributed by atoms with Crippen LogP contribution in [0.3, 0.4) is 0 Å². The van der Waals surface area contributed by atoms with Crippen molar-refractivity contribution in [3.63, 3.8) is 0 Å². The number of esters is 1. The van der Waals surface area contributed by atoms with E-state index in [2.05, 4.69) is 4.74 Å². The third-order valence-corrected chi connectivity index (χ3v) is 3.00. The van der Waals surface area contributed by atoms with E-state index in [0.29, 0.717) is 11.3 Å². The van der Waals surface area contributed by atoms with Gasteiger partial charge in [0, 0.05) is 5.56 Å². The second kappa shape index (κ2) is 6.96. The highest BCUT2D eigenvalue weighted by atomic mass is 32.2. The van der Waals surface area contributed by atoms with Crippen molar-refractivity contribution in [3.8, 4) is 5.75 Å². The van der Waals surface area contributed by atoms with Gasteiger partial charge in [-0.3, -0.25) is 9.59 Å². The molecule has 4 nitrogen and oxygen atoms in total. The number of hydrogen-bond donors (Lipinski definition) is 0. The first kappa shape index (κ1) is 13.6. The fourth-order valence-corrected chi connectivity index (χ4v) is 1.88. The molecule has 0 N–H and O–H groups in total. The van der Waals surface area contributed by atoms with Crippen molar-refractivity contribution < 1.29 is 19.1 Å². The van der Waals surface area contributed by atoms with Crippen LogP contribution in [0, 0.1) is 0 Å². The number of benzene rings is 1. The molecule has 0 saturated heterocycles. The van der Waals surface area contributed by atoms with Crippen molar-refractivity contribution in [3.05, 3.63) is 29.8 Å². The zero-order chi connectivity index (χ0) is 12.7. The van der Waals surface area contributed by atoms with Gasteiger partial charge in [-0.2, -0.15) is 0 Å². The van der Waals surface area contributed by atoms with Crippen molar-refractivity contribution in [1.82, 2.24) is 0 Å². The molecule has 5 heteroatoms. The van der Waals surface area contributed by atoms with Gasteiger partial charge in [-0.05, 0) is 24.3 Å². The number of ether oxygens (including phenoxy) is 2. The maximum atomic E-state index is 11.7. The normalized spacial score (nSPS) is 9.76. The molecular weight excluding hydrogens is 240 g/mol. The van der Waals surface area contributed by atoms with Crippen molar-refractivity contribution >= 4 is 23.5 Å². The number of carbonyl (C=O) groups is 2. The highest BCUT2D eigenvalue weighted by Gasteiger charge is 2.08.